The zero-order valence-electron chi connectivity index (χ0n) is 14.9. The van der Waals surface area contributed by atoms with E-state index in [2.05, 4.69) is 26.6 Å². The SMILES string of the molecule is CC1(c2ccccc2Br)NC(=O)N(CCC(=O)NC2CCCCC2)C1=O. The van der Waals surface area contributed by atoms with Crippen LogP contribution < -0.4 is 10.6 Å². The summed E-state index contributed by atoms with van der Waals surface area (Å²) in [4.78, 5) is 38.5. The predicted octanol–water partition coefficient (Wildman–Crippen LogP) is 3.06. The summed E-state index contributed by atoms with van der Waals surface area (Å²) in [7, 11) is 0. The maximum absolute atomic E-state index is 12.9. The van der Waals surface area contributed by atoms with Gasteiger partial charge < -0.3 is 10.6 Å². The van der Waals surface area contributed by atoms with Crippen molar-refractivity contribution in [1.29, 1.82) is 0 Å². The van der Waals surface area contributed by atoms with Crippen molar-refractivity contribution in [3.63, 3.8) is 0 Å². The highest BCUT2D eigenvalue weighted by atomic mass is 79.9. The second kappa shape index (κ2) is 7.78. The van der Waals surface area contributed by atoms with Crippen molar-refractivity contribution in [2.24, 2.45) is 0 Å². The van der Waals surface area contributed by atoms with E-state index in [4.69, 9.17) is 0 Å². The van der Waals surface area contributed by atoms with Gasteiger partial charge in [-0.15, -0.1) is 0 Å². The summed E-state index contributed by atoms with van der Waals surface area (Å²) < 4.78 is 0.757. The molecule has 26 heavy (non-hydrogen) atoms. The fourth-order valence-corrected chi connectivity index (χ4v) is 4.39. The van der Waals surface area contributed by atoms with Gasteiger partial charge in [0.1, 0.15) is 5.54 Å². The summed E-state index contributed by atoms with van der Waals surface area (Å²) in [5.41, 5.74) is -0.427. The van der Waals surface area contributed by atoms with Crippen molar-refractivity contribution >= 4 is 33.8 Å². The molecule has 1 aliphatic heterocycles. The van der Waals surface area contributed by atoms with Gasteiger partial charge in [-0.3, -0.25) is 14.5 Å². The highest BCUT2D eigenvalue weighted by molar-refractivity contribution is 9.10. The maximum atomic E-state index is 12.9. The van der Waals surface area contributed by atoms with Gasteiger partial charge >= 0.3 is 6.03 Å². The summed E-state index contributed by atoms with van der Waals surface area (Å²) in [6.07, 6.45) is 5.65. The second-order valence-electron chi connectivity index (χ2n) is 7.14. The Bertz CT molecular complexity index is 718. The molecular formula is C19H24BrN3O3. The standard InChI is InChI=1S/C19H24BrN3O3/c1-19(14-9-5-6-10-15(14)20)17(25)23(18(26)22-19)12-11-16(24)21-13-7-3-2-4-8-13/h5-6,9-10,13H,2-4,7-8,11-12H2,1H3,(H,21,24)(H,22,26). The highest BCUT2D eigenvalue weighted by Gasteiger charge is 2.49. The Morgan fingerprint density at radius 3 is 2.65 bits per heavy atom. The Labute approximate surface area is 161 Å². The zero-order chi connectivity index (χ0) is 18.7. The predicted molar refractivity (Wildman–Crippen MR) is 101 cm³/mol. The van der Waals surface area contributed by atoms with Crippen LogP contribution in [0.15, 0.2) is 28.7 Å². The Morgan fingerprint density at radius 2 is 1.96 bits per heavy atom. The molecule has 140 valence electrons. The minimum absolute atomic E-state index is 0.0866. The lowest BCUT2D eigenvalue weighted by Gasteiger charge is -2.24. The number of imide groups is 1. The third-order valence-corrected chi connectivity index (χ3v) is 5.91. The molecule has 0 bridgehead atoms. The van der Waals surface area contributed by atoms with Crippen LogP contribution in [0.2, 0.25) is 0 Å². The van der Waals surface area contributed by atoms with Crippen LogP contribution in [0.1, 0.15) is 51.0 Å². The Balaban J connectivity index is 1.62. The smallest absolute Gasteiger partial charge is 0.325 e. The van der Waals surface area contributed by atoms with E-state index in [0.717, 1.165) is 35.1 Å². The molecule has 3 rings (SSSR count). The first-order chi connectivity index (χ1) is 12.4. The number of amides is 4. The number of hydrogen-bond acceptors (Lipinski definition) is 3. The molecule has 7 heteroatoms. The van der Waals surface area contributed by atoms with E-state index in [0.29, 0.717) is 5.56 Å². The number of nitrogens with one attached hydrogen (secondary N) is 2. The molecule has 1 unspecified atom stereocenters. The van der Waals surface area contributed by atoms with E-state index in [1.54, 1.807) is 6.92 Å². The number of urea groups is 1. The fraction of sp³-hybridized carbons (Fsp3) is 0.526. The third-order valence-electron chi connectivity index (χ3n) is 5.22. The quantitative estimate of drug-likeness (QED) is 0.716. The Hall–Kier alpha value is -1.89. The molecule has 2 aliphatic rings. The van der Waals surface area contributed by atoms with Gasteiger partial charge in [0, 0.05) is 29.0 Å². The van der Waals surface area contributed by atoms with Gasteiger partial charge in [-0.1, -0.05) is 53.4 Å². The van der Waals surface area contributed by atoms with Crippen LogP contribution in [0, 0.1) is 0 Å². The highest BCUT2D eigenvalue weighted by Crippen LogP contribution is 2.33. The van der Waals surface area contributed by atoms with Gasteiger partial charge in [-0.25, -0.2) is 4.79 Å². The molecule has 6 nitrogen and oxygen atoms in total. The van der Waals surface area contributed by atoms with Gasteiger partial charge in [0.25, 0.3) is 5.91 Å². The maximum Gasteiger partial charge on any atom is 0.325 e. The summed E-state index contributed by atoms with van der Waals surface area (Å²) in [6, 6.07) is 7.09. The average molecular weight is 422 g/mol. The summed E-state index contributed by atoms with van der Waals surface area (Å²) in [5, 5.41) is 5.79. The molecule has 1 aromatic carbocycles. The Morgan fingerprint density at radius 1 is 1.27 bits per heavy atom. The number of rotatable bonds is 5. The molecule has 2 N–H and O–H groups in total. The molecule has 0 spiro atoms. The lowest BCUT2D eigenvalue weighted by atomic mass is 9.92. The van der Waals surface area contributed by atoms with Gasteiger partial charge in [0.2, 0.25) is 5.91 Å². The number of carbonyl (C=O) groups is 3. The van der Waals surface area contributed by atoms with Crippen molar-refractivity contribution < 1.29 is 14.4 Å². The zero-order valence-corrected chi connectivity index (χ0v) is 16.5. The molecular weight excluding hydrogens is 398 g/mol. The minimum atomic E-state index is -1.13. The second-order valence-corrected chi connectivity index (χ2v) is 8.00. The van der Waals surface area contributed by atoms with Gasteiger partial charge in [0.05, 0.1) is 0 Å². The molecule has 0 aromatic heterocycles. The molecule has 1 saturated carbocycles. The number of nitrogens with zero attached hydrogens (tertiary/aromatic N) is 1. The lowest BCUT2D eigenvalue weighted by Crippen LogP contribution is -2.42. The summed E-state index contributed by atoms with van der Waals surface area (Å²) >= 11 is 3.44. The van der Waals surface area contributed by atoms with Crippen molar-refractivity contribution in [3.05, 3.63) is 34.3 Å². The van der Waals surface area contributed by atoms with E-state index in [1.807, 2.05) is 24.3 Å². The van der Waals surface area contributed by atoms with Crippen LogP contribution >= 0.6 is 15.9 Å². The van der Waals surface area contributed by atoms with Crippen molar-refractivity contribution in [2.45, 2.75) is 57.0 Å². The van der Waals surface area contributed by atoms with Crippen LogP contribution in [-0.4, -0.2) is 35.3 Å². The number of benzene rings is 1. The number of hydrogen-bond donors (Lipinski definition) is 2. The summed E-state index contributed by atoms with van der Waals surface area (Å²) in [5.74, 6) is -0.438. The molecule has 2 fully saturated rings. The van der Waals surface area contributed by atoms with E-state index < -0.39 is 11.6 Å². The van der Waals surface area contributed by atoms with Crippen molar-refractivity contribution in [2.75, 3.05) is 6.54 Å². The van der Waals surface area contributed by atoms with Crippen LogP contribution in [0.4, 0.5) is 4.79 Å². The summed E-state index contributed by atoms with van der Waals surface area (Å²) in [6.45, 7) is 1.78. The first kappa shape index (κ1) is 18.9. The largest absolute Gasteiger partial charge is 0.353 e. The molecule has 1 aromatic rings. The van der Waals surface area contributed by atoms with Gasteiger partial charge in [-0.05, 0) is 25.8 Å². The molecule has 1 atom stereocenters. The monoisotopic (exact) mass is 421 g/mol. The van der Waals surface area contributed by atoms with Crippen LogP contribution in [0.25, 0.3) is 0 Å². The molecule has 0 radical (unpaired) electrons. The van der Waals surface area contributed by atoms with E-state index in [9.17, 15) is 14.4 Å². The molecule has 1 heterocycles. The van der Waals surface area contributed by atoms with Gasteiger partial charge in [-0.2, -0.15) is 0 Å². The molecule has 4 amide bonds. The lowest BCUT2D eigenvalue weighted by molar-refractivity contribution is -0.131. The number of carbonyl (C=O) groups excluding carboxylic acids is 3. The van der Waals surface area contributed by atoms with Crippen molar-refractivity contribution in [3.8, 4) is 0 Å². The normalized spacial score (nSPS) is 23.8. The first-order valence-electron chi connectivity index (χ1n) is 9.10. The number of halogens is 1. The van der Waals surface area contributed by atoms with E-state index in [1.165, 1.54) is 6.42 Å². The molecule has 1 aliphatic carbocycles. The van der Waals surface area contributed by atoms with Crippen molar-refractivity contribution in [1.82, 2.24) is 15.5 Å². The van der Waals surface area contributed by atoms with Crippen LogP contribution in [-0.2, 0) is 15.1 Å². The van der Waals surface area contributed by atoms with Crippen LogP contribution in [0.5, 0.6) is 0 Å². The van der Waals surface area contributed by atoms with E-state index >= 15 is 0 Å². The average Bonchev–Trinajstić information content (AvgIpc) is 2.84. The fourth-order valence-electron chi connectivity index (χ4n) is 3.71. The van der Waals surface area contributed by atoms with Gasteiger partial charge in [0.15, 0.2) is 0 Å². The molecule has 1 saturated heterocycles. The topological polar surface area (TPSA) is 78.5 Å². The third kappa shape index (κ3) is 3.77. The first-order valence-corrected chi connectivity index (χ1v) is 9.89. The van der Waals surface area contributed by atoms with E-state index in [-0.39, 0.29) is 30.8 Å². The van der Waals surface area contributed by atoms with Crippen LogP contribution in [0.3, 0.4) is 0 Å². The Kier molecular flexibility index (Phi) is 5.65. The minimum Gasteiger partial charge on any atom is -0.353 e.